The second kappa shape index (κ2) is 7.64. The highest BCUT2D eigenvalue weighted by Crippen LogP contribution is 2.25. The summed E-state index contributed by atoms with van der Waals surface area (Å²) in [6.45, 7) is 4.51. The number of hydrogen-bond donors (Lipinski definition) is 0. The molecule has 1 heterocycles. The molecule has 4 aromatic rings. The van der Waals surface area contributed by atoms with Crippen molar-refractivity contribution in [3.8, 4) is 28.6 Å². The van der Waals surface area contributed by atoms with Gasteiger partial charge < -0.3 is 9.26 Å². The lowest BCUT2D eigenvalue weighted by Crippen LogP contribution is -1.97. The van der Waals surface area contributed by atoms with Crippen molar-refractivity contribution in [3.05, 3.63) is 89.2 Å². The zero-order valence-electron chi connectivity index (χ0n) is 15.6. The molecule has 0 radical (unpaired) electrons. The molecule has 0 fully saturated rings. The summed E-state index contributed by atoms with van der Waals surface area (Å²) in [5, 5.41) is 4.00. The summed E-state index contributed by atoms with van der Waals surface area (Å²) < 4.78 is 24.5. The molecule has 0 aliphatic heterocycles. The molecule has 28 heavy (non-hydrogen) atoms. The number of benzene rings is 3. The zero-order chi connectivity index (χ0) is 19.5. The van der Waals surface area contributed by atoms with Crippen molar-refractivity contribution in [2.75, 3.05) is 0 Å². The van der Waals surface area contributed by atoms with Crippen LogP contribution in [0.15, 0.2) is 71.3 Å². The van der Waals surface area contributed by atoms with Gasteiger partial charge in [-0.25, -0.2) is 4.39 Å². The summed E-state index contributed by atoms with van der Waals surface area (Å²) in [5.74, 6) is 1.41. The van der Waals surface area contributed by atoms with Crippen LogP contribution in [0, 0.1) is 19.7 Å². The number of nitrogens with zero attached hydrogens (tertiary/aromatic N) is 2. The lowest BCUT2D eigenvalue weighted by atomic mass is 10.1. The van der Waals surface area contributed by atoms with Crippen LogP contribution in [-0.4, -0.2) is 10.1 Å². The van der Waals surface area contributed by atoms with Gasteiger partial charge in [-0.2, -0.15) is 4.98 Å². The monoisotopic (exact) mass is 374 g/mol. The number of halogens is 1. The molecule has 3 aromatic carbocycles. The summed E-state index contributed by atoms with van der Waals surface area (Å²) in [7, 11) is 0. The third kappa shape index (κ3) is 3.93. The minimum Gasteiger partial charge on any atom is -0.489 e. The van der Waals surface area contributed by atoms with Crippen molar-refractivity contribution in [3.63, 3.8) is 0 Å². The largest absolute Gasteiger partial charge is 0.489 e. The molecule has 0 amide bonds. The topological polar surface area (TPSA) is 48.2 Å². The van der Waals surface area contributed by atoms with E-state index in [4.69, 9.17) is 9.26 Å². The molecular formula is C23H19FN2O2. The van der Waals surface area contributed by atoms with Gasteiger partial charge in [0.05, 0.1) is 0 Å². The zero-order valence-corrected chi connectivity index (χ0v) is 15.6. The van der Waals surface area contributed by atoms with Gasteiger partial charge in [-0.15, -0.1) is 0 Å². The van der Waals surface area contributed by atoms with Crippen molar-refractivity contribution in [2.45, 2.75) is 20.5 Å². The summed E-state index contributed by atoms with van der Waals surface area (Å²) in [4.78, 5) is 4.42. The van der Waals surface area contributed by atoms with Crippen molar-refractivity contribution in [2.24, 2.45) is 0 Å². The molecule has 0 saturated carbocycles. The van der Waals surface area contributed by atoms with E-state index in [1.165, 1.54) is 12.1 Å². The van der Waals surface area contributed by atoms with Crippen LogP contribution in [0.1, 0.15) is 16.7 Å². The normalized spacial score (nSPS) is 10.8. The van der Waals surface area contributed by atoms with Crippen LogP contribution in [0.5, 0.6) is 5.75 Å². The fourth-order valence-electron chi connectivity index (χ4n) is 2.87. The fraction of sp³-hybridized carbons (Fsp3) is 0.130. The van der Waals surface area contributed by atoms with Crippen LogP contribution >= 0.6 is 0 Å². The van der Waals surface area contributed by atoms with Crippen molar-refractivity contribution in [1.29, 1.82) is 0 Å². The molecule has 5 heteroatoms. The van der Waals surface area contributed by atoms with Gasteiger partial charge in [0.25, 0.3) is 5.89 Å². The molecule has 0 saturated heterocycles. The Kier molecular flexibility index (Phi) is 4.89. The van der Waals surface area contributed by atoms with Crippen LogP contribution in [0.2, 0.25) is 0 Å². The summed E-state index contributed by atoms with van der Waals surface area (Å²) in [6.07, 6.45) is 0. The summed E-state index contributed by atoms with van der Waals surface area (Å²) in [6, 6.07) is 19.9. The SMILES string of the molecule is Cc1ccc(C)c(OCc2cccc(-c3nc(-c4ccc(F)cc4)no3)c2)c1. The Morgan fingerprint density at radius 2 is 1.75 bits per heavy atom. The predicted octanol–water partition coefficient (Wildman–Crippen LogP) is 5.74. The molecule has 0 aliphatic carbocycles. The average Bonchev–Trinajstić information content (AvgIpc) is 3.20. The maximum Gasteiger partial charge on any atom is 0.258 e. The van der Waals surface area contributed by atoms with Crippen LogP contribution in [0.4, 0.5) is 4.39 Å². The molecule has 4 rings (SSSR count). The molecular weight excluding hydrogens is 355 g/mol. The van der Waals surface area contributed by atoms with Crippen molar-refractivity contribution >= 4 is 0 Å². The Bertz CT molecular complexity index is 1100. The molecule has 1 aromatic heterocycles. The van der Waals surface area contributed by atoms with Crippen molar-refractivity contribution < 1.29 is 13.7 Å². The van der Waals surface area contributed by atoms with Gasteiger partial charge in [-0.05, 0) is 73.0 Å². The number of rotatable bonds is 5. The van der Waals surface area contributed by atoms with Crippen LogP contribution < -0.4 is 4.74 Å². The molecule has 4 nitrogen and oxygen atoms in total. The smallest absolute Gasteiger partial charge is 0.258 e. The van der Waals surface area contributed by atoms with E-state index in [0.29, 0.717) is 23.9 Å². The first kappa shape index (κ1) is 17.9. The summed E-state index contributed by atoms with van der Waals surface area (Å²) >= 11 is 0. The Hall–Kier alpha value is -3.47. The van der Waals surface area contributed by atoms with E-state index in [2.05, 4.69) is 22.3 Å². The van der Waals surface area contributed by atoms with Crippen molar-refractivity contribution in [1.82, 2.24) is 10.1 Å². The molecule has 0 spiro atoms. The first-order valence-corrected chi connectivity index (χ1v) is 8.97. The summed E-state index contributed by atoms with van der Waals surface area (Å²) in [5.41, 5.74) is 4.77. The second-order valence-corrected chi connectivity index (χ2v) is 6.69. The molecule has 0 bridgehead atoms. The quantitative estimate of drug-likeness (QED) is 0.447. The van der Waals surface area contributed by atoms with E-state index in [-0.39, 0.29) is 5.82 Å². The van der Waals surface area contributed by atoms with Gasteiger partial charge in [0.15, 0.2) is 0 Å². The lowest BCUT2D eigenvalue weighted by Gasteiger charge is -2.10. The van der Waals surface area contributed by atoms with Gasteiger partial charge in [0.2, 0.25) is 5.82 Å². The fourth-order valence-corrected chi connectivity index (χ4v) is 2.87. The van der Waals surface area contributed by atoms with Gasteiger partial charge >= 0.3 is 0 Å². The Morgan fingerprint density at radius 3 is 2.57 bits per heavy atom. The van der Waals surface area contributed by atoms with Gasteiger partial charge in [0.1, 0.15) is 18.2 Å². The van der Waals surface area contributed by atoms with Gasteiger partial charge in [-0.1, -0.05) is 29.4 Å². The van der Waals surface area contributed by atoms with Gasteiger partial charge in [0, 0.05) is 11.1 Å². The Balaban J connectivity index is 1.52. The Morgan fingerprint density at radius 1 is 0.929 bits per heavy atom. The van der Waals surface area contributed by atoms with E-state index in [1.807, 2.05) is 44.2 Å². The molecule has 140 valence electrons. The van der Waals surface area contributed by atoms with Gasteiger partial charge in [-0.3, -0.25) is 0 Å². The van der Waals surface area contributed by atoms with Crippen LogP contribution in [0.3, 0.4) is 0 Å². The highest BCUT2D eigenvalue weighted by Gasteiger charge is 2.11. The average molecular weight is 374 g/mol. The van der Waals surface area contributed by atoms with E-state index in [0.717, 1.165) is 28.0 Å². The minimum atomic E-state index is -0.302. The number of ether oxygens (including phenoxy) is 1. The number of hydrogen-bond acceptors (Lipinski definition) is 4. The molecule has 0 N–H and O–H groups in total. The maximum absolute atomic E-state index is 13.1. The standard InChI is InChI=1S/C23H19FN2O2/c1-15-6-7-16(2)21(12-15)27-14-17-4-3-5-19(13-17)23-25-22(26-28-23)18-8-10-20(24)11-9-18/h3-13H,14H2,1-2H3. The second-order valence-electron chi connectivity index (χ2n) is 6.69. The predicted molar refractivity (Wildman–Crippen MR) is 105 cm³/mol. The molecule has 0 atom stereocenters. The third-order valence-corrected chi connectivity index (χ3v) is 4.44. The number of aryl methyl sites for hydroxylation is 2. The first-order valence-electron chi connectivity index (χ1n) is 8.97. The van der Waals surface area contributed by atoms with E-state index < -0.39 is 0 Å². The molecule has 0 unspecified atom stereocenters. The maximum atomic E-state index is 13.1. The highest BCUT2D eigenvalue weighted by molar-refractivity contribution is 5.60. The Labute approximate surface area is 162 Å². The van der Waals surface area contributed by atoms with E-state index in [9.17, 15) is 4.39 Å². The van der Waals surface area contributed by atoms with E-state index >= 15 is 0 Å². The third-order valence-electron chi connectivity index (χ3n) is 4.44. The first-order chi connectivity index (χ1) is 13.6. The van der Waals surface area contributed by atoms with E-state index in [1.54, 1.807) is 12.1 Å². The number of aromatic nitrogens is 2. The lowest BCUT2D eigenvalue weighted by molar-refractivity contribution is 0.304. The highest BCUT2D eigenvalue weighted by atomic mass is 19.1. The van der Waals surface area contributed by atoms with Crippen LogP contribution in [-0.2, 0) is 6.61 Å². The minimum absolute atomic E-state index is 0.302. The van der Waals surface area contributed by atoms with Crippen LogP contribution in [0.25, 0.3) is 22.8 Å². The molecule has 0 aliphatic rings.